The molecule has 0 aromatic heterocycles. The third-order valence-electron chi connectivity index (χ3n) is 4.62. The summed E-state index contributed by atoms with van der Waals surface area (Å²) in [6.45, 7) is 3.01. The average molecular weight is 323 g/mol. The lowest BCUT2D eigenvalue weighted by molar-refractivity contribution is -0.145. The molecule has 0 bridgehead atoms. The molecular formula is C20H21NO3. The standard InChI is InChI=1S/C20H21NO3/c1-14-8-10-15(11-9-14)19(22)17-12-21(13-18(17)20(23)24-2)16-6-4-3-5-7-16/h3-11,17-18H,12-13H2,1-2H3/t17-,18-/m0/s1. The van der Waals surface area contributed by atoms with Crippen LogP contribution < -0.4 is 4.90 Å². The van der Waals surface area contributed by atoms with Gasteiger partial charge >= 0.3 is 5.97 Å². The predicted octanol–water partition coefficient (Wildman–Crippen LogP) is 3.10. The molecule has 1 aliphatic heterocycles. The molecule has 0 radical (unpaired) electrons. The molecule has 2 aromatic carbocycles. The van der Waals surface area contributed by atoms with Gasteiger partial charge < -0.3 is 9.64 Å². The summed E-state index contributed by atoms with van der Waals surface area (Å²) in [6, 6.07) is 17.4. The Balaban J connectivity index is 1.87. The zero-order valence-electron chi connectivity index (χ0n) is 13.9. The largest absolute Gasteiger partial charge is 0.469 e. The van der Waals surface area contributed by atoms with Crippen LogP contribution in [0.5, 0.6) is 0 Å². The number of hydrogen-bond acceptors (Lipinski definition) is 4. The van der Waals surface area contributed by atoms with Gasteiger partial charge in [-0.15, -0.1) is 0 Å². The molecule has 2 atom stereocenters. The van der Waals surface area contributed by atoms with Gasteiger partial charge in [-0.3, -0.25) is 9.59 Å². The van der Waals surface area contributed by atoms with Crippen LogP contribution in [0.15, 0.2) is 54.6 Å². The average Bonchev–Trinajstić information content (AvgIpc) is 3.07. The lowest BCUT2D eigenvalue weighted by Gasteiger charge is -2.18. The summed E-state index contributed by atoms with van der Waals surface area (Å²) in [5, 5.41) is 0. The first-order chi connectivity index (χ1) is 11.6. The van der Waals surface area contributed by atoms with E-state index in [1.807, 2.05) is 61.5 Å². The van der Waals surface area contributed by atoms with Crippen molar-refractivity contribution in [3.8, 4) is 0 Å². The van der Waals surface area contributed by atoms with Crippen LogP contribution in [-0.4, -0.2) is 32.0 Å². The number of methoxy groups -OCH3 is 1. The Morgan fingerprint density at radius 2 is 1.58 bits per heavy atom. The Morgan fingerprint density at radius 3 is 2.21 bits per heavy atom. The van der Waals surface area contributed by atoms with E-state index in [1.54, 1.807) is 0 Å². The van der Waals surface area contributed by atoms with Crippen molar-refractivity contribution in [1.29, 1.82) is 0 Å². The van der Waals surface area contributed by atoms with E-state index < -0.39 is 5.92 Å². The molecule has 2 aromatic rings. The molecule has 24 heavy (non-hydrogen) atoms. The van der Waals surface area contributed by atoms with E-state index in [2.05, 4.69) is 4.90 Å². The van der Waals surface area contributed by atoms with Crippen LogP contribution in [0.1, 0.15) is 15.9 Å². The van der Waals surface area contributed by atoms with Crippen LogP contribution in [0.25, 0.3) is 0 Å². The van der Waals surface area contributed by atoms with Crippen molar-refractivity contribution in [3.63, 3.8) is 0 Å². The summed E-state index contributed by atoms with van der Waals surface area (Å²) in [5.41, 5.74) is 2.77. The van der Waals surface area contributed by atoms with Gasteiger partial charge in [-0.1, -0.05) is 48.0 Å². The molecule has 0 aliphatic carbocycles. The molecule has 0 saturated carbocycles. The molecule has 3 rings (SSSR count). The number of Topliss-reactive ketones (excluding diaryl/α,β-unsaturated/α-hetero) is 1. The van der Waals surface area contributed by atoms with E-state index in [1.165, 1.54) is 7.11 Å². The number of anilines is 1. The normalized spacial score (nSPS) is 20.0. The maximum absolute atomic E-state index is 12.9. The summed E-state index contributed by atoms with van der Waals surface area (Å²) in [6.07, 6.45) is 0. The van der Waals surface area contributed by atoms with Crippen LogP contribution in [0.4, 0.5) is 5.69 Å². The van der Waals surface area contributed by atoms with Crippen molar-refractivity contribution < 1.29 is 14.3 Å². The zero-order chi connectivity index (χ0) is 17.1. The fraction of sp³-hybridized carbons (Fsp3) is 0.300. The minimum atomic E-state index is -0.441. The summed E-state index contributed by atoms with van der Waals surface area (Å²) in [5.74, 6) is -1.15. The van der Waals surface area contributed by atoms with Crippen molar-refractivity contribution in [2.24, 2.45) is 11.8 Å². The highest BCUT2D eigenvalue weighted by Crippen LogP contribution is 2.31. The molecule has 0 spiro atoms. The van der Waals surface area contributed by atoms with E-state index in [4.69, 9.17) is 4.74 Å². The number of benzene rings is 2. The van der Waals surface area contributed by atoms with E-state index in [9.17, 15) is 9.59 Å². The maximum atomic E-state index is 12.9. The van der Waals surface area contributed by atoms with Gasteiger partial charge in [-0.05, 0) is 19.1 Å². The number of carbonyl (C=O) groups excluding carboxylic acids is 2. The fourth-order valence-electron chi connectivity index (χ4n) is 3.24. The van der Waals surface area contributed by atoms with E-state index in [-0.39, 0.29) is 17.7 Å². The van der Waals surface area contributed by atoms with E-state index >= 15 is 0 Å². The third-order valence-corrected chi connectivity index (χ3v) is 4.62. The number of para-hydroxylation sites is 1. The van der Waals surface area contributed by atoms with Crippen molar-refractivity contribution in [2.75, 3.05) is 25.1 Å². The highest BCUT2D eigenvalue weighted by atomic mass is 16.5. The number of aryl methyl sites for hydroxylation is 1. The number of ketones is 1. The number of rotatable bonds is 4. The molecule has 4 heteroatoms. The first-order valence-corrected chi connectivity index (χ1v) is 8.09. The van der Waals surface area contributed by atoms with Gasteiger partial charge in [0.05, 0.1) is 18.9 Å². The van der Waals surface area contributed by atoms with Gasteiger partial charge in [0.2, 0.25) is 0 Å². The molecule has 124 valence electrons. The fourth-order valence-corrected chi connectivity index (χ4v) is 3.24. The highest BCUT2D eigenvalue weighted by molar-refractivity contribution is 6.01. The SMILES string of the molecule is COC(=O)[C@H]1CN(c2ccccc2)C[C@@H]1C(=O)c1ccc(C)cc1. The summed E-state index contributed by atoms with van der Waals surface area (Å²) < 4.78 is 4.94. The predicted molar refractivity (Wildman–Crippen MR) is 93.2 cm³/mol. The van der Waals surface area contributed by atoms with Crippen LogP contribution >= 0.6 is 0 Å². The van der Waals surface area contributed by atoms with Crippen LogP contribution in [0, 0.1) is 18.8 Å². The van der Waals surface area contributed by atoms with Gasteiger partial charge in [0.1, 0.15) is 0 Å². The second-order valence-electron chi connectivity index (χ2n) is 6.21. The minimum absolute atomic E-state index is 0.00355. The van der Waals surface area contributed by atoms with Gasteiger partial charge in [0, 0.05) is 24.3 Å². The van der Waals surface area contributed by atoms with Gasteiger partial charge in [-0.25, -0.2) is 0 Å². The highest BCUT2D eigenvalue weighted by Gasteiger charge is 2.42. The number of hydrogen-bond donors (Lipinski definition) is 0. The van der Waals surface area contributed by atoms with E-state index in [0.29, 0.717) is 18.7 Å². The van der Waals surface area contributed by atoms with Crippen LogP contribution in [0.3, 0.4) is 0 Å². The maximum Gasteiger partial charge on any atom is 0.311 e. The minimum Gasteiger partial charge on any atom is -0.469 e. The molecular weight excluding hydrogens is 302 g/mol. The summed E-state index contributed by atoms with van der Waals surface area (Å²) in [4.78, 5) is 27.2. The molecule has 1 heterocycles. The molecule has 1 fully saturated rings. The number of nitrogens with zero attached hydrogens (tertiary/aromatic N) is 1. The molecule has 0 amide bonds. The van der Waals surface area contributed by atoms with Crippen LogP contribution in [-0.2, 0) is 9.53 Å². The Kier molecular flexibility index (Phi) is 4.65. The van der Waals surface area contributed by atoms with Crippen molar-refractivity contribution in [3.05, 3.63) is 65.7 Å². The molecule has 1 aliphatic rings. The molecule has 0 unspecified atom stereocenters. The lowest BCUT2D eigenvalue weighted by atomic mass is 9.88. The van der Waals surface area contributed by atoms with Crippen molar-refractivity contribution in [1.82, 2.24) is 0 Å². The Morgan fingerprint density at radius 1 is 0.958 bits per heavy atom. The monoisotopic (exact) mass is 323 g/mol. The molecule has 4 nitrogen and oxygen atoms in total. The third kappa shape index (κ3) is 3.18. The Hall–Kier alpha value is -2.62. The Bertz CT molecular complexity index is 724. The number of esters is 1. The van der Waals surface area contributed by atoms with Crippen molar-refractivity contribution in [2.45, 2.75) is 6.92 Å². The summed E-state index contributed by atoms with van der Waals surface area (Å²) >= 11 is 0. The van der Waals surface area contributed by atoms with Crippen molar-refractivity contribution >= 4 is 17.4 Å². The molecule has 1 saturated heterocycles. The first kappa shape index (κ1) is 16.2. The second kappa shape index (κ2) is 6.87. The quantitative estimate of drug-likeness (QED) is 0.641. The van der Waals surface area contributed by atoms with E-state index in [0.717, 1.165) is 11.3 Å². The van der Waals surface area contributed by atoms with Crippen LogP contribution in [0.2, 0.25) is 0 Å². The first-order valence-electron chi connectivity index (χ1n) is 8.09. The van der Waals surface area contributed by atoms with Gasteiger partial charge in [0.25, 0.3) is 0 Å². The second-order valence-corrected chi connectivity index (χ2v) is 6.21. The molecule has 0 N–H and O–H groups in total. The number of ether oxygens (including phenoxy) is 1. The van der Waals surface area contributed by atoms with Gasteiger partial charge in [0.15, 0.2) is 5.78 Å². The van der Waals surface area contributed by atoms with Gasteiger partial charge in [-0.2, -0.15) is 0 Å². The zero-order valence-corrected chi connectivity index (χ0v) is 13.9. The Labute approximate surface area is 142 Å². The topological polar surface area (TPSA) is 46.6 Å². The lowest BCUT2D eigenvalue weighted by Crippen LogP contribution is -2.29. The number of carbonyl (C=O) groups is 2. The smallest absolute Gasteiger partial charge is 0.311 e. The summed E-state index contributed by atoms with van der Waals surface area (Å²) in [7, 11) is 1.38.